The highest BCUT2D eigenvalue weighted by atomic mass is 31.0. The Labute approximate surface area is 253 Å². The van der Waals surface area contributed by atoms with Gasteiger partial charge in [-0.3, -0.25) is 0 Å². The first-order valence-electron chi connectivity index (χ1n) is 17.0. The fourth-order valence-corrected chi connectivity index (χ4v) is 17.7. The first-order chi connectivity index (χ1) is 18.9. The highest BCUT2D eigenvalue weighted by Gasteiger charge is 2.59. The zero-order valence-corrected chi connectivity index (χ0v) is 31.0. The Balaban J connectivity index is 1.64. The molecule has 2 N–H and O–H groups in total. The van der Waals surface area contributed by atoms with Crippen molar-refractivity contribution in [3.63, 3.8) is 0 Å². The van der Waals surface area contributed by atoms with Crippen LogP contribution in [0.1, 0.15) is 68.9 Å². The Bertz CT molecular complexity index is 1050. The van der Waals surface area contributed by atoms with Crippen LogP contribution in [-0.4, -0.2) is 48.5 Å². The monoisotopic (exact) mass is 614 g/mol. The van der Waals surface area contributed by atoms with Crippen molar-refractivity contribution in [3.05, 3.63) is 23.3 Å². The zero-order valence-electron chi connectivity index (χ0n) is 26.7. The number of rotatable bonds is 7. The van der Waals surface area contributed by atoms with E-state index in [4.69, 9.17) is 0 Å². The minimum Gasteiger partial charge on any atom is -0.316 e. The molecular formula is C34H60N2P2Si2. The van der Waals surface area contributed by atoms with Crippen LogP contribution in [0, 0.1) is 35.5 Å². The van der Waals surface area contributed by atoms with Crippen molar-refractivity contribution in [1.82, 2.24) is 10.6 Å². The van der Waals surface area contributed by atoms with E-state index in [2.05, 4.69) is 80.5 Å². The summed E-state index contributed by atoms with van der Waals surface area (Å²) in [5, 5.41) is 11.5. The van der Waals surface area contributed by atoms with Crippen molar-refractivity contribution < 1.29 is 0 Å². The van der Waals surface area contributed by atoms with Gasteiger partial charge in [0.2, 0.25) is 0 Å². The minimum absolute atomic E-state index is 0.150. The molecule has 1 aromatic rings. The Morgan fingerprint density at radius 2 is 1.35 bits per heavy atom. The van der Waals surface area contributed by atoms with E-state index in [1.165, 1.54) is 90.1 Å². The molecule has 4 saturated carbocycles. The summed E-state index contributed by atoms with van der Waals surface area (Å²) in [7, 11) is 3.87. The Morgan fingerprint density at radius 1 is 0.825 bits per heavy atom. The molecule has 1 aromatic carbocycles. The standard InChI is InChI=1S/C34H60N2P2Si2/c1-39(2,3)31-16-28(33-18-23-13-24(19-33)15-25(14-23)30(33)22-37)29(17-32(31)40(4,5)6)34(38,26-9-7-11-35-20-26)27-10-8-12-36-21-27/h16-17,23-27,30,35-36H,7-15,18-22,37-38H2,1-6H3. The van der Waals surface area contributed by atoms with Crippen LogP contribution >= 0.6 is 18.5 Å². The van der Waals surface area contributed by atoms with Crippen LogP contribution in [0.4, 0.5) is 0 Å². The van der Waals surface area contributed by atoms with E-state index in [9.17, 15) is 0 Å². The summed E-state index contributed by atoms with van der Waals surface area (Å²) in [5.74, 6) is 5.14. The third-order valence-electron chi connectivity index (χ3n) is 12.5. The summed E-state index contributed by atoms with van der Waals surface area (Å²) in [6.45, 7) is 20.5. The van der Waals surface area contributed by atoms with Crippen LogP contribution in [0.2, 0.25) is 39.3 Å². The largest absolute Gasteiger partial charge is 0.316 e. The van der Waals surface area contributed by atoms with Gasteiger partial charge in [0.15, 0.2) is 0 Å². The van der Waals surface area contributed by atoms with Crippen LogP contribution in [0.5, 0.6) is 0 Å². The summed E-state index contributed by atoms with van der Waals surface area (Å²) >= 11 is 0. The van der Waals surface area contributed by atoms with Gasteiger partial charge < -0.3 is 10.6 Å². The van der Waals surface area contributed by atoms with Gasteiger partial charge in [-0.15, -0.1) is 18.5 Å². The number of benzene rings is 1. The SMILES string of the molecule is C[Si](C)(C)c1cc(C23CC4CC(CC(C4)C2CP)C3)c(C(P)(C2CCCNC2)C2CCCNC2)cc1[Si](C)(C)C. The molecule has 0 amide bonds. The Kier molecular flexibility index (Phi) is 8.45. The molecule has 7 atom stereocenters. The van der Waals surface area contributed by atoms with E-state index < -0.39 is 16.1 Å². The third-order valence-corrected chi connectivity index (χ3v) is 18.6. The number of hydrogen-bond acceptors (Lipinski definition) is 2. The van der Waals surface area contributed by atoms with Crippen LogP contribution in [0.25, 0.3) is 0 Å². The van der Waals surface area contributed by atoms with E-state index in [0.29, 0.717) is 17.3 Å². The maximum Gasteiger partial charge on any atom is 0.0774 e. The molecule has 0 radical (unpaired) electrons. The first-order valence-corrected chi connectivity index (χ1v) is 25.4. The summed E-state index contributed by atoms with van der Waals surface area (Å²) in [6, 6.07) is 5.87. The van der Waals surface area contributed by atoms with Gasteiger partial charge in [-0.25, -0.2) is 0 Å². The van der Waals surface area contributed by atoms with Crippen LogP contribution in [0.3, 0.4) is 0 Å². The lowest BCUT2D eigenvalue weighted by atomic mass is 9.43. The summed E-state index contributed by atoms with van der Waals surface area (Å²) < 4.78 is 0. The second kappa shape index (κ2) is 11.1. The molecule has 2 saturated heterocycles. The second-order valence-electron chi connectivity index (χ2n) is 17.1. The maximum absolute atomic E-state index is 3.88. The molecular weight excluding hydrogens is 555 g/mol. The van der Waals surface area contributed by atoms with Crippen LogP contribution < -0.4 is 21.0 Å². The van der Waals surface area contributed by atoms with Gasteiger partial charge in [-0.05, 0) is 142 Å². The molecule has 4 aliphatic carbocycles. The molecule has 4 bridgehead atoms. The van der Waals surface area contributed by atoms with Gasteiger partial charge in [0.05, 0.1) is 16.1 Å². The van der Waals surface area contributed by atoms with Crippen molar-refractivity contribution in [2.45, 2.75) is 108 Å². The molecule has 2 heterocycles. The molecule has 6 heteroatoms. The van der Waals surface area contributed by atoms with Crippen molar-refractivity contribution in [3.8, 4) is 0 Å². The number of nitrogens with one attached hydrogen (secondary N) is 2. The van der Waals surface area contributed by atoms with Crippen molar-refractivity contribution in [2.24, 2.45) is 35.5 Å². The molecule has 7 rings (SSSR count). The Morgan fingerprint density at radius 3 is 1.80 bits per heavy atom. The molecule has 7 unspecified atom stereocenters. The van der Waals surface area contributed by atoms with Crippen LogP contribution in [0.15, 0.2) is 12.1 Å². The highest BCUT2D eigenvalue weighted by Crippen LogP contribution is 2.65. The van der Waals surface area contributed by atoms with E-state index >= 15 is 0 Å². The van der Waals surface area contributed by atoms with Gasteiger partial charge >= 0.3 is 0 Å². The molecule has 40 heavy (non-hydrogen) atoms. The average Bonchev–Trinajstić information content (AvgIpc) is 2.91. The normalized spacial score (nSPS) is 37.9. The van der Waals surface area contributed by atoms with E-state index in [1.807, 2.05) is 16.3 Å². The van der Waals surface area contributed by atoms with Gasteiger partial charge in [0, 0.05) is 5.16 Å². The van der Waals surface area contributed by atoms with Crippen molar-refractivity contribution in [2.75, 3.05) is 32.3 Å². The molecule has 6 fully saturated rings. The molecule has 2 aliphatic heterocycles. The van der Waals surface area contributed by atoms with Crippen molar-refractivity contribution >= 4 is 45.0 Å². The first kappa shape index (κ1) is 30.5. The zero-order chi connectivity index (χ0) is 28.5. The minimum atomic E-state index is -1.54. The lowest BCUT2D eigenvalue weighted by molar-refractivity contribution is -0.0526. The van der Waals surface area contributed by atoms with Gasteiger partial charge in [0.25, 0.3) is 0 Å². The van der Waals surface area contributed by atoms with E-state index in [1.54, 1.807) is 5.19 Å². The Hall–Kier alpha value is 0.434. The summed E-state index contributed by atoms with van der Waals surface area (Å²) in [4.78, 5) is 0. The van der Waals surface area contributed by atoms with Gasteiger partial charge in [0.1, 0.15) is 0 Å². The van der Waals surface area contributed by atoms with E-state index in [0.717, 1.165) is 23.7 Å². The molecule has 6 aliphatic rings. The van der Waals surface area contributed by atoms with Crippen molar-refractivity contribution in [1.29, 1.82) is 0 Å². The van der Waals surface area contributed by atoms with Gasteiger partial charge in [-0.1, -0.05) is 61.8 Å². The second-order valence-corrected chi connectivity index (χ2v) is 28.6. The number of piperidine rings is 2. The van der Waals surface area contributed by atoms with Gasteiger partial charge in [-0.2, -0.15) is 0 Å². The average molecular weight is 615 g/mol. The molecule has 0 spiro atoms. The molecule has 0 aromatic heterocycles. The third kappa shape index (κ3) is 5.13. The molecule has 224 valence electrons. The quantitative estimate of drug-likeness (QED) is 0.274. The topological polar surface area (TPSA) is 24.1 Å². The lowest BCUT2D eigenvalue weighted by Gasteiger charge is -2.63. The lowest BCUT2D eigenvalue weighted by Crippen LogP contribution is -2.61. The predicted molar refractivity (Wildman–Crippen MR) is 188 cm³/mol. The summed E-state index contributed by atoms with van der Waals surface area (Å²) in [5.41, 5.74) is 4.07. The maximum atomic E-state index is 3.88. The van der Waals surface area contributed by atoms with E-state index in [-0.39, 0.29) is 5.16 Å². The fraction of sp³-hybridized carbons (Fsp3) is 0.824. The smallest absolute Gasteiger partial charge is 0.0774 e. The fourth-order valence-electron chi connectivity index (χ4n) is 10.9. The highest BCUT2D eigenvalue weighted by molar-refractivity contribution is 7.18. The molecule has 2 nitrogen and oxygen atoms in total. The van der Waals surface area contributed by atoms with Crippen LogP contribution in [-0.2, 0) is 10.6 Å². The number of hydrogen-bond donors (Lipinski definition) is 2. The predicted octanol–water partition coefficient (Wildman–Crippen LogP) is 6.42. The summed E-state index contributed by atoms with van der Waals surface area (Å²) in [6.07, 6.45) is 14.2.